The monoisotopic (exact) mass is 311 g/mol. The molecule has 0 bridgehead atoms. The van der Waals surface area contributed by atoms with Gasteiger partial charge in [0.1, 0.15) is 10.7 Å². The maximum atomic E-state index is 12.4. The number of aromatic nitrogens is 1. The highest BCUT2D eigenvalue weighted by atomic mass is 32.1. The van der Waals surface area contributed by atoms with E-state index >= 15 is 0 Å². The lowest BCUT2D eigenvalue weighted by Gasteiger charge is -2.25. The molecule has 0 radical (unpaired) electrons. The van der Waals surface area contributed by atoms with Gasteiger partial charge in [-0.15, -0.1) is 0 Å². The van der Waals surface area contributed by atoms with Crippen molar-refractivity contribution in [1.82, 2.24) is 15.2 Å². The number of nitrogen functional groups attached to an aromatic ring is 1. The molecular weight excluding hydrogens is 286 g/mol. The fourth-order valence-corrected chi connectivity index (χ4v) is 2.87. The molecule has 0 aromatic carbocycles. The number of nitrogens with zero attached hydrogens (tertiary/aromatic N) is 2. The lowest BCUT2D eigenvalue weighted by Crippen LogP contribution is -2.44. The van der Waals surface area contributed by atoms with Crippen LogP contribution in [0.4, 0.5) is 10.9 Å². The molecule has 1 aromatic heterocycles. The summed E-state index contributed by atoms with van der Waals surface area (Å²) in [6.07, 6.45) is 2.33. The predicted octanol–water partition coefficient (Wildman–Crippen LogP) is 1.62. The van der Waals surface area contributed by atoms with Gasteiger partial charge in [-0.25, -0.2) is 4.98 Å². The molecule has 1 amide bonds. The number of amides is 1. The van der Waals surface area contributed by atoms with E-state index in [4.69, 9.17) is 5.73 Å². The second-order valence-electron chi connectivity index (χ2n) is 6.24. The number of thiazole rings is 1. The average molecular weight is 311 g/mol. The van der Waals surface area contributed by atoms with E-state index in [1.54, 1.807) is 0 Å². The number of anilines is 2. The lowest BCUT2D eigenvalue weighted by molar-refractivity contribution is 0.0921. The summed E-state index contributed by atoms with van der Waals surface area (Å²) in [6, 6.07) is 0.595. The van der Waals surface area contributed by atoms with Crippen LogP contribution < -0.4 is 16.4 Å². The number of nitrogens with two attached hydrogens (primary N) is 1. The first-order chi connectivity index (χ1) is 9.86. The Labute approximate surface area is 130 Å². The molecule has 1 aliphatic rings. The largest absolute Gasteiger partial charge is 0.382 e. The molecule has 0 saturated heterocycles. The maximum absolute atomic E-state index is 12.4. The Balaban J connectivity index is 2.02. The van der Waals surface area contributed by atoms with Crippen molar-refractivity contribution >= 4 is 28.2 Å². The molecule has 7 heteroatoms. The first kappa shape index (κ1) is 16.0. The fraction of sp³-hybridized carbons (Fsp3) is 0.714. The summed E-state index contributed by atoms with van der Waals surface area (Å²) >= 11 is 1.34. The Morgan fingerprint density at radius 1 is 1.48 bits per heavy atom. The van der Waals surface area contributed by atoms with E-state index in [1.165, 1.54) is 24.2 Å². The van der Waals surface area contributed by atoms with Crippen LogP contribution in [0.2, 0.25) is 0 Å². The highest BCUT2D eigenvalue weighted by molar-refractivity contribution is 7.18. The van der Waals surface area contributed by atoms with Gasteiger partial charge in [-0.1, -0.05) is 25.2 Å². The Morgan fingerprint density at radius 2 is 2.14 bits per heavy atom. The molecule has 4 N–H and O–H groups in total. The van der Waals surface area contributed by atoms with Crippen molar-refractivity contribution in [1.29, 1.82) is 0 Å². The third-order valence-electron chi connectivity index (χ3n) is 3.45. The van der Waals surface area contributed by atoms with E-state index in [2.05, 4.69) is 34.4 Å². The van der Waals surface area contributed by atoms with E-state index in [9.17, 15) is 4.79 Å². The van der Waals surface area contributed by atoms with E-state index in [1.807, 2.05) is 14.1 Å². The van der Waals surface area contributed by atoms with Gasteiger partial charge in [0.15, 0.2) is 5.13 Å². The van der Waals surface area contributed by atoms with Gasteiger partial charge in [-0.05, 0) is 32.9 Å². The maximum Gasteiger partial charge on any atom is 0.265 e. The molecule has 2 rings (SSSR count). The summed E-state index contributed by atoms with van der Waals surface area (Å²) in [5, 5.41) is 7.09. The smallest absolute Gasteiger partial charge is 0.265 e. The molecule has 0 spiro atoms. The van der Waals surface area contributed by atoms with Crippen LogP contribution in [-0.4, -0.2) is 48.5 Å². The third kappa shape index (κ3) is 4.57. The highest BCUT2D eigenvalue weighted by Gasteiger charge is 2.25. The number of likely N-dealkylation sites (N-methyl/N-ethyl adjacent to an activating group) is 1. The Kier molecular flexibility index (Phi) is 5.05. The average Bonchev–Trinajstić information content (AvgIpc) is 3.10. The quantitative estimate of drug-likeness (QED) is 0.712. The van der Waals surface area contributed by atoms with Crippen molar-refractivity contribution in [3.63, 3.8) is 0 Å². The summed E-state index contributed by atoms with van der Waals surface area (Å²) in [7, 11) is 4.00. The highest BCUT2D eigenvalue weighted by Crippen LogP contribution is 2.30. The Morgan fingerprint density at radius 3 is 2.67 bits per heavy atom. The van der Waals surface area contributed by atoms with Gasteiger partial charge < -0.3 is 21.3 Å². The van der Waals surface area contributed by atoms with Crippen molar-refractivity contribution < 1.29 is 4.79 Å². The van der Waals surface area contributed by atoms with Crippen molar-refractivity contribution in [3.8, 4) is 0 Å². The van der Waals surface area contributed by atoms with Crippen molar-refractivity contribution in [2.75, 3.05) is 31.7 Å². The van der Waals surface area contributed by atoms with Crippen LogP contribution in [-0.2, 0) is 0 Å². The molecule has 1 aliphatic carbocycles. The molecule has 118 valence electrons. The number of carbonyl (C=O) groups excluding carboxylic acids is 1. The van der Waals surface area contributed by atoms with Crippen LogP contribution in [0.15, 0.2) is 0 Å². The normalized spacial score (nSPS) is 16.3. The Bertz CT molecular complexity index is 496. The number of hydrogen-bond donors (Lipinski definition) is 3. The minimum absolute atomic E-state index is 0.0915. The second kappa shape index (κ2) is 6.62. The molecular formula is C14H25N5OS. The summed E-state index contributed by atoms with van der Waals surface area (Å²) < 4.78 is 0. The molecule has 0 aliphatic heterocycles. The van der Waals surface area contributed by atoms with Crippen molar-refractivity contribution in [3.05, 3.63) is 4.88 Å². The molecule has 1 aromatic rings. The van der Waals surface area contributed by atoms with E-state index in [0.717, 1.165) is 11.7 Å². The number of hydrogen-bond acceptors (Lipinski definition) is 6. The van der Waals surface area contributed by atoms with Crippen LogP contribution in [0.5, 0.6) is 0 Å². The van der Waals surface area contributed by atoms with Gasteiger partial charge in [0, 0.05) is 18.6 Å². The summed E-state index contributed by atoms with van der Waals surface area (Å²) in [6.45, 7) is 5.00. The second-order valence-corrected chi connectivity index (χ2v) is 7.24. The third-order valence-corrected chi connectivity index (χ3v) is 4.45. The minimum atomic E-state index is -0.130. The van der Waals surface area contributed by atoms with Gasteiger partial charge in [-0.3, -0.25) is 4.79 Å². The fourth-order valence-electron chi connectivity index (χ4n) is 2.01. The number of carbonyl (C=O) groups is 1. The SMILES string of the molecule is CC(C)C(CN(C)C)NC(=O)c1sc(NC2CC2)nc1N. The first-order valence-corrected chi connectivity index (χ1v) is 8.17. The molecule has 1 unspecified atom stereocenters. The number of rotatable bonds is 7. The molecule has 1 atom stereocenters. The topological polar surface area (TPSA) is 83.3 Å². The van der Waals surface area contributed by atoms with Crippen LogP contribution in [0.1, 0.15) is 36.4 Å². The van der Waals surface area contributed by atoms with Gasteiger partial charge in [0.05, 0.1) is 0 Å². The van der Waals surface area contributed by atoms with Gasteiger partial charge in [-0.2, -0.15) is 0 Å². The van der Waals surface area contributed by atoms with Crippen LogP contribution in [0.25, 0.3) is 0 Å². The zero-order valence-corrected chi connectivity index (χ0v) is 14.0. The molecule has 1 heterocycles. The molecule has 6 nitrogen and oxygen atoms in total. The van der Waals surface area contributed by atoms with Crippen LogP contribution >= 0.6 is 11.3 Å². The number of nitrogens with one attached hydrogen (secondary N) is 2. The lowest BCUT2D eigenvalue weighted by atomic mass is 10.0. The van der Waals surface area contributed by atoms with Crippen LogP contribution in [0, 0.1) is 5.92 Å². The van der Waals surface area contributed by atoms with Crippen molar-refractivity contribution in [2.45, 2.75) is 38.8 Å². The summed E-state index contributed by atoms with van der Waals surface area (Å²) in [4.78, 5) is 19.2. The Hall–Kier alpha value is -1.34. The van der Waals surface area contributed by atoms with E-state index in [0.29, 0.717) is 22.7 Å². The summed E-state index contributed by atoms with van der Waals surface area (Å²) in [5.74, 6) is 0.539. The standard InChI is InChI=1S/C14H25N5OS/c1-8(2)10(7-19(3)4)17-13(20)11-12(15)18-14(21-11)16-9-5-6-9/h8-10H,5-7,15H2,1-4H3,(H,16,18)(H,17,20). The molecule has 1 fully saturated rings. The van der Waals surface area contributed by atoms with Crippen molar-refractivity contribution in [2.24, 2.45) is 5.92 Å². The van der Waals surface area contributed by atoms with Gasteiger partial charge in [0.25, 0.3) is 5.91 Å². The zero-order chi connectivity index (χ0) is 15.6. The van der Waals surface area contributed by atoms with E-state index in [-0.39, 0.29) is 11.9 Å². The zero-order valence-electron chi connectivity index (χ0n) is 13.1. The van der Waals surface area contributed by atoms with E-state index < -0.39 is 0 Å². The molecule has 21 heavy (non-hydrogen) atoms. The first-order valence-electron chi connectivity index (χ1n) is 7.35. The predicted molar refractivity (Wildman–Crippen MR) is 87.8 cm³/mol. The summed E-state index contributed by atoms with van der Waals surface area (Å²) in [5.41, 5.74) is 5.88. The van der Waals surface area contributed by atoms with Gasteiger partial charge in [0.2, 0.25) is 0 Å². The minimum Gasteiger partial charge on any atom is -0.382 e. The molecule has 1 saturated carbocycles. The van der Waals surface area contributed by atoms with Crippen LogP contribution in [0.3, 0.4) is 0 Å². The van der Waals surface area contributed by atoms with Gasteiger partial charge >= 0.3 is 0 Å².